The molecule has 0 atom stereocenters. The Labute approximate surface area is 155 Å². The van der Waals surface area contributed by atoms with E-state index in [9.17, 15) is 9.59 Å². The van der Waals surface area contributed by atoms with E-state index in [0.29, 0.717) is 26.2 Å². The molecule has 6 heteroatoms. The number of para-hydroxylation sites is 1. The number of carbonyl (C=O) groups is 2. The van der Waals surface area contributed by atoms with Gasteiger partial charge in [-0.15, -0.1) is 0 Å². The average Bonchev–Trinajstić information content (AvgIpc) is 2.89. The highest BCUT2D eigenvalue weighted by molar-refractivity contribution is 8.27. The minimum Gasteiger partial charge on any atom is -0.496 e. The van der Waals surface area contributed by atoms with Gasteiger partial charge < -0.3 is 4.74 Å². The van der Waals surface area contributed by atoms with Crippen molar-refractivity contribution in [3.8, 4) is 5.75 Å². The third kappa shape index (κ3) is 3.50. The van der Waals surface area contributed by atoms with Gasteiger partial charge in [0.2, 0.25) is 0 Å². The number of amides is 1. The first-order chi connectivity index (χ1) is 12.0. The Hall–Kier alpha value is -2.44. The molecule has 2 aromatic carbocycles. The maximum atomic E-state index is 12.8. The summed E-state index contributed by atoms with van der Waals surface area (Å²) in [6, 6.07) is 14.3. The first-order valence-corrected chi connectivity index (χ1v) is 8.75. The predicted octanol–water partition coefficient (Wildman–Crippen LogP) is 4.30. The lowest BCUT2D eigenvalue weighted by atomic mass is 10.1. The second kappa shape index (κ2) is 7.21. The lowest BCUT2D eigenvalue weighted by Crippen LogP contribution is -2.27. The van der Waals surface area contributed by atoms with E-state index in [-0.39, 0.29) is 11.7 Å². The van der Waals surface area contributed by atoms with Gasteiger partial charge in [-0.05, 0) is 43.3 Å². The fourth-order valence-electron chi connectivity index (χ4n) is 2.46. The van der Waals surface area contributed by atoms with Crippen molar-refractivity contribution in [1.82, 2.24) is 0 Å². The van der Waals surface area contributed by atoms with Crippen molar-refractivity contribution in [2.24, 2.45) is 0 Å². The van der Waals surface area contributed by atoms with Gasteiger partial charge in [0, 0.05) is 11.1 Å². The molecule has 0 radical (unpaired) electrons. The molecular formula is C19H15NO3S2. The van der Waals surface area contributed by atoms with Crippen LogP contribution < -0.4 is 9.64 Å². The minimum atomic E-state index is -0.184. The Morgan fingerprint density at radius 2 is 1.84 bits per heavy atom. The number of nitrogens with zero attached hydrogens (tertiary/aromatic N) is 1. The van der Waals surface area contributed by atoms with Crippen molar-refractivity contribution in [2.75, 3.05) is 12.0 Å². The number of ether oxygens (including phenoxy) is 1. The molecule has 126 valence electrons. The predicted molar refractivity (Wildman–Crippen MR) is 105 cm³/mol. The standard InChI is InChI=1S/C19H15NO3S2/c1-12(21)13-7-9-15(10-8-13)20-18(22)17(25-19(20)24)11-14-5-3-4-6-16(14)23-2/h3-11H,1-2H3/b17-11-. The van der Waals surface area contributed by atoms with Gasteiger partial charge in [-0.2, -0.15) is 0 Å². The van der Waals surface area contributed by atoms with Gasteiger partial charge in [0.25, 0.3) is 5.91 Å². The number of hydrogen-bond acceptors (Lipinski definition) is 5. The first-order valence-electron chi connectivity index (χ1n) is 7.53. The molecule has 0 unspecified atom stereocenters. The number of Topliss-reactive ketones (excluding diaryl/α,β-unsaturated/α-hetero) is 1. The highest BCUT2D eigenvalue weighted by Crippen LogP contribution is 2.37. The molecule has 0 spiro atoms. The lowest BCUT2D eigenvalue weighted by Gasteiger charge is -2.14. The zero-order valence-corrected chi connectivity index (χ0v) is 15.3. The largest absolute Gasteiger partial charge is 0.496 e. The summed E-state index contributed by atoms with van der Waals surface area (Å²) in [7, 11) is 1.59. The fourth-order valence-corrected chi connectivity index (χ4v) is 3.75. The highest BCUT2D eigenvalue weighted by atomic mass is 32.2. The normalized spacial score (nSPS) is 15.8. The van der Waals surface area contributed by atoms with Gasteiger partial charge in [-0.3, -0.25) is 14.5 Å². The van der Waals surface area contributed by atoms with Crippen LogP contribution in [0.5, 0.6) is 5.75 Å². The molecule has 2 aromatic rings. The van der Waals surface area contributed by atoms with Gasteiger partial charge in [0.15, 0.2) is 10.1 Å². The molecule has 1 amide bonds. The maximum absolute atomic E-state index is 12.8. The van der Waals surface area contributed by atoms with E-state index < -0.39 is 0 Å². The molecule has 0 N–H and O–H groups in total. The molecule has 0 bridgehead atoms. The molecular weight excluding hydrogens is 354 g/mol. The van der Waals surface area contributed by atoms with Gasteiger partial charge in [0.05, 0.1) is 17.7 Å². The van der Waals surface area contributed by atoms with E-state index in [1.165, 1.54) is 23.6 Å². The number of rotatable bonds is 4. The first kappa shape index (κ1) is 17.4. The molecule has 0 aliphatic carbocycles. The zero-order valence-electron chi connectivity index (χ0n) is 13.7. The van der Waals surface area contributed by atoms with Crippen LogP contribution in [0.2, 0.25) is 0 Å². The van der Waals surface area contributed by atoms with Gasteiger partial charge in [0.1, 0.15) is 5.75 Å². The fraction of sp³-hybridized carbons (Fsp3) is 0.105. The molecule has 1 saturated heterocycles. The molecule has 1 heterocycles. The second-order valence-electron chi connectivity index (χ2n) is 5.36. The van der Waals surface area contributed by atoms with Gasteiger partial charge >= 0.3 is 0 Å². The van der Waals surface area contributed by atoms with Crippen molar-refractivity contribution < 1.29 is 14.3 Å². The van der Waals surface area contributed by atoms with E-state index >= 15 is 0 Å². The molecule has 4 nitrogen and oxygen atoms in total. The summed E-state index contributed by atoms with van der Waals surface area (Å²) in [4.78, 5) is 26.2. The summed E-state index contributed by atoms with van der Waals surface area (Å²) < 4.78 is 5.78. The number of thioether (sulfide) groups is 1. The van der Waals surface area contributed by atoms with E-state index in [2.05, 4.69) is 0 Å². The van der Waals surface area contributed by atoms with Crippen molar-refractivity contribution >= 4 is 51.8 Å². The number of anilines is 1. The monoisotopic (exact) mass is 369 g/mol. The van der Waals surface area contributed by atoms with Crippen molar-refractivity contribution in [3.63, 3.8) is 0 Å². The quantitative estimate of drug-likeness (QED) is 0.457. The highest BCUT2D eigenvalue weighted by Gasteiger charge is 2.33. The van der Waals surface area contributed by atoms with Crippen molar-refractivity contribution in [1.29, 1.82) is 0 Å². The van der Waals surface area contributed by atoms with Crippen LogP contribution in [-0.4, -0.2) is 23.1 Å². The van der Waals surface area contributed by atoms with Crippen LogP contribution in [0.25, 0.3) is 6.08 Å². The molecule has 25 heavy (non-hydrogen) atoms. The molecule has 1 aliphatic heterocycles. The summed E-state index contributed by atoms with van der Waals surface area (Å²) in [5, 5.41) is 0. The van der Waals surface area contributed by atoms with Crippen LogP contribution >= 0.6 is 24.0 Å². The molecule has 1 aliphatic rings. The van der Waals surface area contributed by atoms with Crippen LogP contribution in [0, 0.1) is 0 Å². The Kier molecular flexibility index (Phi) is 5.01. The summed E-state index contributed by atoms with van der Waals surface area (Å²) in [6.45, 7) is 1.50. The third-order valence-corrected chi connectivity index (χ3v) is 5.05. The summed E-state index contributed by atoms with van der Waals surface area (Å²) >= 11 is 6.62. The molecule has 0 saturated carbocycles. The Morgan fingerprint density at radius 1 is 1.16 bits per heavy atom. The van der Waals surface area contributed by atoms with Gasteiger partial charge in [-0.25, -0.2) is 0 Å². The van der Waals surface area contributed by atoms with E-state index in [0.717, 1.165) is 5.56 Å². The average molecular weight is 369 g/mol. The van der Waals surface area contributed by atoms with E-state index in [4.69, 9.17) is 17.0 Å². The summed E-state index contributed by atoms with van der Waals surface area (Å²) in [5.74, 6) is 0.489. The summed E-state index contributed by atoms with van der Waals surface area (Å²) in [5.41, 5.74) is 2.06. The molecule has 0 aromatic heterocycles. The SMILES string of the molecule is COc1ccccc1/C=C1\SC(=S)N(c2ccc(C(C)=O)cc2)C1=O. The van der Waals surface area contributed by atoms with Crippen LogP contribution in [0.4, 0.5) is 5.69 Å². The molecule has 3 rings (SSSR count). The maximum Gasteiger partial charge on any atom is 0.270 e. The third-order valence-electron chi connectivity index (χ3n) is 3.75. The Bertz CT molecular complexity index is 888. The van der Waals surface area contributed by atoms with Crippen LogP contribution in [0.1, 0.15) is 22.8 Å². The molecule has 1 fully saturated rings. The number of ketones is 1. The van der Waals surface area contributed by atoms with Crippen LogP contribution in [0.3, 0.4) is 0 Å². The van der Waals surface area contributed by atoms with Crippen molar-refractivity contribution in [3.05, 3.63) is 64.6 Å². The smallest absolute Gasteiger partial charge is 0.270 e. The topological polar surface area (TPSA) is 46.6 Å². The van der Waals surface area contributed by atoms with Crippen LogP contribution in [-0.2, 0) is 4.79 Å². The number of thiocarbonyl (C=S) groups is 1. The number of benzene rings is 2. The Morgan fingerprint density at radius 3 is 2.48 bits per heavy atom. The van der Waals surface area contributed by atoms with E-state index in [1.807, 2.05) is 24.3 Å². The number of hydrogen-bond donors (Lipinski definition) is 0. The van der Waals surface area contributed by atoms with Gasteiger partial charge in [-0.1, -0.05) is 42.2 Å². The lowest BCUT2D eigenvalue weighted by molar-refractivity contribution is -0.113. The van der Waals surface area contributed by atoms with Crippen LogP contribution in [0.15, 0.2) is 53.4 Å². The Balaban J connectivity index is 1.92. The zero-order chi connectivity index (χ0) is 18.0. The minimum absolute atomic E-state index is 0.0204. The second-order valence-corrected chi connectivity index (χ2v) is 7.04. The number of methoxy groups -OCH3 is 1. The number of carbonyl (C=O) groups excluding carboxylic acids is 2. The van der Waals surface area contributed by atoms with Crippen molar-refractivity contribution in [2.45, 2.75) is 6.92 Å². The van der Waals surface area contributed by atoms with E-state index in [1.54, 1.807) is 37.5 Å². The summed E-state index contributed by atoms with van der Waals surface area (Å²) in [6.07, 6.45) is 1.78.